The van der Waals surface area contributed by atoms with Gasteiger partial charge in [0.1, 0.15) is 0 Å². The van der Waals surface area contributed by atoms with Crippen molar-refractivity contribution in [3.8, 4) is 0 Å². The molecule has 4 heteroatoms. The SMILES string of the molecule is C=C(C(=O)OC(=O)CC)C(C)N. The molecule has 0 aromatic heterocycles. The summed E-state index contributed by atoms with van der Waals surface area (Å²) in [6.45, 7) is 6.59. The lowest BCUT2D eigenvalue weighted by atomic mass is 10.2. The van der Waals surface area contributed by atoms with Crippen molar-refractivity contribution in [2.75, 3.05) is 0 Å². The van der Waals surface area contributed by atoms with E-state index in [-0.39, 0.29) is 12.0 Å². The summed E-state index contributed by atoms with van der Waals surface area (Å²) in [5.41, 5.74) is 5.45. The Morgan fingerprint density at radius 3 is 2.42 bits per heavy atom. The van der Waals surface area contributed by atoms with Gasteiger partial charge in [0.05, 0.1) is 0 Å². The van der Waals surface area contributed by atoms with Crippen LogP contribution in [0.2, 0.25) is 0 Å². The molecule has 4 nitrogen and oxygen atoms in total. The topological polar surface area (TPSA) is 69.4 Å². The number of nitrogens with two attached hydrogens (primary N) is 1. The van der Waals surface area contributed by atoms with Crippen LogP contribution in [0.4, 0.5) is 0 Å². The third-order valence-corrected chi connectivity index (χ3v) is 1.31. The van der Waals surface area contributed by atoms with Gasteiger partial charge in [-0.05, 0) is 6.92 Å². The van der Waals surface area contributed by atoms with Crippen LogP contribution in [0.5, 0.6) is 0 Å². The maximum Gasteiger partial charge on any atom is 0.342 e. The van der Waals surface area contributed by atoms with Gasteiger partial charge in [0.15, 0.2) is 0 Å². The predicted octanol–water partition coefficient (Wildman–Crippen LogP) is 0.370. The van der Waals surface area contributed by atoms with E-state index in [1.165, 1.54) is 0 Å². The lowest BCUT2D eigenvalue weighted by Crippen LogP contribution is -2.25. The number of hydrogen-bond donors (Lipinski definition) is 1. The van der Waals surface area contributed by atoms with E-state index in [1.807, 2.05) is 0 Å². The molecule has 12 heavy (non-hydrogen) atoms. The van der Waals surface area contributed by atoms with Crippen LogP contribution >= 0.6 is 0 Å². The van der Waals surface area contributed by atoms with Gasteiger partial charge in [-0.15, -0.1) is 0 Å². The molecule has 2 N–H and O–H groups in total. The Labute approximate surface area is 71.4 Å². The number of carbonyl (C=O) groups is 2. The smallest absolute Gasteiger partial charge is 0.342 e. The zero-order valence-electron chi connectivity index (χ0n) is 7.29. The number of esters is 2. The molecule has 0 aliphatic carbocycles. The van der Waals surface area contributed by atoms with E-state index < -0.39 is 18.0 Å². The van der Waals surface area contributed by atoms with Crippen molar-refractivity contribution in [2.45, 2.75) is 26.3 Å². The quantitative estimate of drug-likeness (QED) is 0.378. The number of rotatable bonds is 3. The maximum atomic E-state index is 10.9. The molecule has 1 unspecified atom stereocenters. The Bertz CT molecular complexity index is 208. The van der Waals surface area contributed by atoms with Gasteiger partial charge >= 0.3 is 11.9 Å². The van der Waals surface area contributed by atoms with Crippen molar-refractivity contribution >= 4 is 11.9 Å². The molecule has 0 amide bonds. The van der Waals surface area contributed by atoms with E-state index in [0.717, 1.165) is 0 Å². The summed E-state index contributed by atoms with van der Waals surface area (Å²) in [4.78, 5) is 21.6. The van der Waals surface area contributed by atoms with Gasteiger partial charge in [0, 0.05) is 18.0 Å². The summed E-state index contributed by atoms with van der Waals surface area (Å²) in [6, 6.07) is -0.484. The summed E-state index contributed by atoms with van der Waals surface area (Å²) >= 11 is 0. The van der Waals surface area contributed by atoms with Crippen LogP contribution in [0.1, 0.15) is 20.3 Å². The van der Waals surface area contributed by atoms with Gasteiger partial charge in [0.2, 0.25) is 0 Å². The molecule has 0 aliphatic heterocycles. The minimum Gasteiger partial charge on any atom is -0.390 e. The van der Waals surface area contributed by atoms with E-state index in [1.54, 1.807) is 13.8 Å². The molecule has 0 aromatic carbocycles. The molecular weight excluding hydrogens is 158 g/mol. The van der Waals surface area contributed by atoms with E-state index in [4.69, 9.17) is 5.73 Å². The number of ether oxygens (including phenoxy) is 1. The first-order valence-corrected chi connectivity index (χ1v) is 3.68. The molecule has 1 atom stereocenters. The molecule has 0 bridgehead atoms. The summed E-state index contributed by atoms with van der Waals surface area (Å²) in [6.07, 6.45) is 0.165. The van der Waals surface area contributed by atoms with Gasteiger partial charge in [-0.1, -0.05) is 13.5 Å². The van der Waals surface area contributed by atoms with Crippen LogP contribution < -0.4 is 5.73 Å². The highest BCUT2D eigenvalue weighted by molar-refractivity contribution is 5.96. The van der Waals surface area contributed by atoms with Crippen LogP contribution in [0.15, 0.2) is 12.2 Å². The summed E-state index contributed by atoms with van der Waals surface area (Å²) < 4.78 is 4.37. The van der Waals surface area contributed by atoms with Crippen molar-refractivity contribution in [2.24, 2.45) is 5.73 Å². The van der Waals surface area contributed by atoms with Gasteiger partial charge in [0.25, 0.3) is 0 Å². The predicted molar refractivity (Wildman–Crippen MR) is 44.2 cm³/mol. The molecular formula is C8H13NO3. The van der Waals surface area contributed by atoms with Crippen molar-refractivity contribution in [3.63, 3.8) is 0 Å². The molecule has 0 rings (SSSR count). The largest absolute Gasteiger partial charge is 0.390 e. The first-order valence-electron chi connectivity index (χ1n) is 3.68. The van der Waals surface area contributed by atoms with Crippen LogP contribution in [-0.4, -0.2) is 18.0 Å². The lowest BCUT2D eigenvalue weighted by molar-refractivity contribution is -0.156. The molecule has 0 saturated carbocycles. The standard InChI is InChI=1S/C8H13NO3/c1-4-7(10)12-8(11)5(2)6(3)9/h6H,2,4,9H2,1,3H3. The molecule has 0 fully saturated rings. The Morgan fingerprint density at radius 1 is 1.58 bits per heavy atom. The first kappa shape index (κ1) is 10.8. The minimum absolute atomic E-state index is 0.108. The second kappa shape index (κ2) is 4.66. The first-order chi connectivity index (χ1) is 5.49. The molecule has 0 radical (unpaired) electrons. The number of carbonyl (C=O) groups excluding carboxylic acids is 2. The van der Waals surface area contributed by atoms with Crippen molar-refractivity contribution < 1.29 is 14.3 Å². The molecule has 0 spiro atoms. The normalized spacial score (nSPS) is 11.9. The number of hydrogen-bond acceptors (Lipinski definition) is 4. The fraction of sp³-hybridized carbons (Fsp3) is 0.500. The highest BCUT2D eigenvalue weighted by atomic mass is 16.6. The van der Waals surface area contributed by atoms with E-state index in [0.29, 0.717) is 0 Å². The molecule has 68 valence electrons. The zero-order valence-corrected chi connectivity index (χ0v) is 7.29. The average Bonchev–Trinajstić information content (AvgIpc) is 2.02. The summed E-state index contributed by atoms with van der Waals surface area (Å²) in [5.74, 6) is -1.31. The fourth-order valence-electron chi connectivity index (χ4n) is 0.427. The summed E-state index contributed by atoms with van der Waals surface area (Å²) in [7, 11) is 0. The van der Waals surface area contributed by atoms with Gasteiger partial charge < -0.3 is 10.5 Å². The van der Waals surface area contributed by atoms with Crippen molar-refractivity contribution in [1.82, 2.24) is 0 Å². The molecule has 0 aliphatic rings. The van der Waals surface area contributed by atoms with Crippen LogP contribution in [0.3, 0.4) is 0 Å². The highest BCUT2D eigenvalue weighted by Crippen LogP contribution is 2.00. The van der Waals surface area contributed by atoms with Crippen LogP contribution in [0.25, 0.3) is 0 Å². The van der Waals surface area contributed by atoms with E-state index >= 15 is 0 Å². The Hall–Kier alpha value is -1.16. The fourth-order valence-corrected chi connectivity index (χ4v) is 0.427. The van der Waals surface area contributed by atoms with E-state index in [2.05, 4.69) is 11.3 Å². The Balaban J connectivity index is 4.05. The second-order valence-corrected chi connectivity index (χ2v) is 2.43. The molecule has 0 heterocycles. The van der Waals surface area contributed by atoms with Gasteiger partial charge in [-0.2, -0.15) is 0 Å². The zero-order chi connectivity index (χ0) is 9.72. The second-order valence-electron chi connectivity index (χ2n) is 2.43. The third-order valence-electron chi connectivity index (χ3n) is 1.31. The van der Waals surface area contributed by atoms with Crippen LogP contribution in [-0.2, 0) is 14.3 Å². The van der Waals surface area contributed by atoms with Crippen LogP contribution in [0, 0.1) is 0 Å². The minimum atomic E-state index is -0.739. The Kier molecular flexibility index (Phi) is 4.21. The van der Waals surface area contributed by atoms with Gasteiger partial charge in [-0.25, -0.2) is 4.79 Å². The lowest BCUT2D eigenvalue weighted by Gasteiger charge is -2.06. The third kappa shape index (κ3) is 3.30. The average molecular weight is 171 g/mol. The summed E-state index contributed by atoms with van der Waals surface area (Å²) in [5, 5.41) is 0. The maximum absolute atomic E-state index is 10.9. The monoisotopic (exact) mass is 171 g/mol. The molecule has 0 saturated heterocycles. The van der Waals surface area contributed by atoms with E-state index in [9.17, 15) is 9.59 Å². The van der Waals surface area contributed by atoms with Crippen molar-refractivity contribution in [1.29, 1.82) is 0 Å². The molecule has 0 aromatic rings. The Morgan fingerprint density at radius 2 is 2.08 bits per heavy atom. The highest BCUT2D eigenvalue weighted by Gasteiger charge is 2.15. The van der Waals surface area contributed by atoms with Crippen molar-refractivity contribution in [3.05, 3.63) is 12.2 Å². The van der Waals surface area contributed by atoms with Gasteiger partial charge in [-0.3, -0.25) is 4.79 Å².